The van der Waals surface area contributed by atoms with Crippen LogP contribution in [0.25, 0.3) is 0 Å². The number of likely N-dealkylation sites (N-methyl/N-ethyl adjacent to an activating group) is 1. The smallest absolute Gasteiger partial charge is 0.136 e. The third-order valence-electron chi connectivity index (χ3n) is 2.66. The number of carbonyl (C=O) groups excluding carboxylic acids is 1. The molecule has 1 unspecified atom stereocenters. The van der Waals surface area contributed by atoms with Crippen molar-refractivity contribution in [2.75, 3.05) is 7.05 Å². The van der Waals surface area contributed by atoms with Gasteiger partial charge in [0.2, 0.25) is 0 Å². The van der Waals surface area contributed by atoms with Crippen molar-refractivity contribution in [3.05, 3.63) is 35.4 Å². The zero-order valence-corrected chi connectivity index (χ0v) is 12.2. The molecule has 0 amide bonds. The Bertz CT molecular complexity index is 413. The molecule has 1 rings (SSSR count). The van der Waals surface area contributed by atoms with E-state index >= 15 is 0 Å². The summed E-state index contributed by atoms with van der Waals surface area (Å²) in [6.07, 6.45) is 6.99. The first-order valence-corrected chi connectivity index (χ1v) is 6.30. The van der Waals surface area contributed by atoms with Gasteiger partial charge in [0.25, 0.3) is 0 Å². The van der Waals surface area contributed by atoms with Gasteiger partial charge in [-0.3, -0.25) is 0 Å². The second-order valence-electron chi connectivity index (χ2n) is 5.15. The summed E-state index contributed by atoms with van der Waals surface area (Å²) >= 11 is 0. The lowest BCUT2D eigenvalue weighted by atomic mass is 9.95. The maximum Gasteiger partial charge on any atom is 0.136 e. The molecule has 0 saturated carbocycles. The zero-order valence-electron chi connectivity index (χ0n) is 12.2. The van der Waals surface area contributed by atoms with Gasteiger partial charge in [0, 0.05) is 11.1 Å². The van der Waals surface area contributed by atoms with Crippen molar-refractivity contribution in [2.45, 2.75) is 38.8 Å². The fraction of sp³-hybridized carbons (Fsp3) is 0.438. The predicted octanol–water partition coefficient (Wildman–Crippen LogP) is 1.74. The van der Waals surface area contributed by atoms with E-state index in [1.54, 1.807) is 6.92 Å². The lowest BCUT2D eigenvalue weighted by molar-refractivity contribution is -0.108. The molecule has 1 aromatic rings. The number of benzene rings is 1. The first-order valence-electron chi connectivity index (χ1n) is 6.30. The molecule has 3 nitrogen and oxygen atoms in total. The standard InChI is InChI=1S/C13H17N.C3H7NO/c1-5-11-6-8-12(9-7-11)10-13(2,3)14-4;1-3(4)2-5/h1,6-9,14H,10H2,2-4H3;2-3H,4H2,1H3. The highest BCUT2D eigenvalue weighted by molar-refractivity contribution is 5.55. The van der Waals surface area contributed by atoms with Crippen LogP contribution in [0.15, 0.2) is 24.3 Å². The summed E-state index contributed by atoms with van der Waals surface area (Å²) in [5, 5.41) is 3.28. The Hall–Kier alpha value is -1.63. The van der Waals surface area contributed by atoms with Gasteiger partial charge in [0.15, 0.2) is 0 Å². The largest absolute Gasteiger partial charge is 0.322 e. The number of rotatable bonds is 4. The second-order valence-corrected chi connectivity index (χ2v) is 5.15. The number of nitrogens with two attached hydrogens (primary N) is 1. The highest BCUT2D eigenvalue weighted by atomic mass is 16.1. The first kappa shape index (κ1) is 17.4. The molecule has 1 atom stereocenters. The van der Waals surface area contributed by atoms with E-state index in [1.807, 2.05) is 19.2 Å². The van der Waals surface area contributed by atoms with Crippen LogP contribution in [-0.4, -0.2) is 24.9 Å². The first-order chi connectivity index (χ1) is 8.84. The lowest BCUT2D eigenvalue weighted by Gasteiger charge is -2.23. The van der Waals surface area contributed by atoms with Crippen molar-refractivity contribution in [3.8, 4) is 12.3 Å². The molecule has 0 spiro atoms. The fourth-order valence-electron chi connectivity index (χ4n) is 1.32. The summed E-state index contributed by atoms with van der Waals surface area (Å²) in [6.45, 7) is 6.00. The molecule has 0 aliphatic carbocycles. The van der Waals surface area contributed by atoms with E-state index in [9.17, 15) is 4.79 Å². The molecule has 3 N–H and O–H groups in total. The van der Waals surface area contributed by atoms with Gasteiger partial charge in [-0.05, 0) is 51.9 Å². The molecule has 0 fully saturated rings. The van der Waals surface area contributed by atoms with Crippen molar-refractivity contribution in [2.24, 2.45) is 5.73 Å². The predicted molar refractivity (Wildman–Crippen MR) is 80.9 cm³/mol. The van der Waals surface area contributed by atoms with Crippen molar-refractivity contribution in [1.29, 1.82) is 0 Å². The van der Waals surface area contributed by atoms with E-state index in [0.717, 1.165) is 12.0 Å². The van der Waals surface area contributed by atoms with Gasteiger partial charge in [0.05, 0.1) is 6.04 Å². The average molecular weight is 260 g/mol. The van der Waals surface area contributed by atoms with E-state index in [1.165, 1.54) is 5.56 Å². The normalized spacial score (nSPS) is 11.8. The number of nitrogens with one attached hydrogen (secondary N) is 1. The molecule has 104 valence electrons. The summed E-state index contributed by atoms with van der Waals surface area (Å²) in [4.78, 5) is 9.38. The molecule has 19 heavy (non-hydrogen) atoms. The molecule has 0 bridgehead atoms. The van der Waals surface area contributed by atoms with Crippen LogP contribution < -0.4 is 11.1 Å². The third kappa shape index (κ3) is 8.15. The highest BCUT2D eigenvalue weighted by Crippen LogP contribution is 2.12. The van der Waals surface area contributed by atoms with E-state index < -0.39 is 0 Å². The molecule has 0 aromatic heterocycles. The number of hydrogen-bond acceptors (Lipinski definition) is 3. The van der Waals surface area contributed by atoms with Gasteiger partial charge in [-0.25, -0.2) is 0 Å². The van der Waals surface area contributed by atoms with Crippen LogP contribution in [0.2, 0.25) is 0 Å². The summed E-state index contributed by atoms with van der Waals surface area (Å²) in [6, 6.07) is 7.86. The second kappa shape index (κ2) is 8.47. The van der Waals surface area contributed by atoms with E-state index in [0.29, 0.717) is 6.29 Å². The van der Waals surface area contributed by atoms with Crippen LogP contribution in [0.5, 0.6) is 0 Å². The minimum absolute atomic E-state index is 0.137. The molecule has 0 aliphatic heterocycles. The fourth-order valence-corrected chi connectivity index (χ4v) is 1.32. The molecule has 3 heteroatoms. The summed E-state index contributed by atoms with van der Waals surface area (Å²) in [5.41, 5.74) is 7.31. The molecular formula is C16H24N2O. The zero-order chi connectivity index (χ0) is 14.9. The van der Waals surface area contributed by atoms with Crippen LogP contribution in [-0.2, 0) is 11.2 Å². The molecule has 0 saturated heterocycles. The van der Waals surface area contributed by atoms with Gasteiger partial charge in [-0.1, -0.05) is 18.1 Å². The van der Waals surface area contributed by atoms with Crippen LogP contribution in [0.1, 0.15) is 31.9 Å². The van der Waals surface area contributed by atoms with E-state index in [4.69, 9.17) is 12.2 Å². The monoisotopic (exact) mass is 260 g/mol. The van der Waals surface area contributed by atoms with E-state index in [2.05, 4.69) is 37.2 Å². The minimum atomic E-state index is -0.296. The number of terminal acetylenes is 1. The molecule has 0 radical (unpaired) electrons. The van der Waals surface area contributed by atoms with Crippen molar-refractivity contribution in [1.82, 2.24) is 5.32 Å². The lowest BCUT2D eigenvalue weighted by Crippen LogP contribution is -2.38. The maximum atomic E-state index is 9.38. The van der Waals surface area contributed by atoms with Gasteiger partial charge >= 0.3 is 0 Å². The van der Waals surface area contributed by atoms with Crippen LogP contribution in [0.3, 0.4) is 0 Å². The average Bonchev–Trinajstić information content (AvgIpc) is 2.40. The number of hydrogen-bond donors (Lipinski definition) is 2. The van der Waals surface area contributed by atoms with Crippen LogP contribution in [0, 0.1) is 12.3 Å². The summed E-state index contributed by atoms with van der Waals surface area (Å²) < 4.78 is 0. The Morgan fingerprint density at radius 3 is 2.21 bits per heavy atom. The Labute approximate surface area is 116 Å². The third-order valence-corrected chi connectivity index (χ3v) is 2.66. The molecule has 0 heterocycles. The number of aldehydes is 1. The Balaban J connectivity index is 0.000000555. The summed E-state index contributed by atoms with van der Waals surface area (Å²) in [5.74, 6) is 2.62. The van der Waals surface area contributed by atoms with Crippen molar-refractivity contribution < 1.29 is 4.79 Å². The molecular weight excluding hydrogens is 236 g/mol. The Morgan fingerprint density at radius 2 is 1.89 bits per heavy atom. The Kier molecular flexibility index (Phi) is 7.74. The minimum Gasteiger partial charge on any atom is -0.322 e. The molecule has 1 aromatic carbocycles. The van der Waals surface area contributed by atoms with Gasteiger partial charge < -0.3 is 15.8 Å². The van der Waals surface area contributed by atoms with Gasteiger partial charge in [0.1, 0.15) is 6.29 Å². The summed E-state index contributed by atoms with van der Waals surface area (Å²) in [7, 11) is 1.98. The van der Waals surface area contributed by atoms with Crippen LogP contribution >= 0.6 is 0 Å². The SMILES string of the molecule is C#Cc1ccc(CC(C)(C)NC)cc1.CC(N)C=O. The Morgan fingerprint density at radius 1 is 1.42 bits per heavy atom. The quantitative estimate of drug-likeness (QED) is 0.640. The van der Waals surface area contributed by atoms with Crippen molar-refractivity contribution in [3.63, 3.8) is 0 Å². The van der Waals surface area contributed by atoms with E-state index in [-0.39, 0.29) is 11.6 Å². The highest BCUT2D eigenvalue weighted by Gasteiger charge is 2.14. The maximum absolute atomic E-state index is 9.38. The molecule has 0 aliphatic rings. The van der Waals surface area contributed by atoms with Crippen LogP contribution in [0.4, 0.5) is 0 Å². The topological polar surface area (TPSA) is 55.1 Å². The van der Waals surface area contributed by atoms with Crippen molar-refractivity contribution >= 4 is 6.29 Å². The number of carbonyl (C=O) groups is 1. The van der Waals surface area contributed by atoms with Gasteiger partial charge in [-0.15, -0.1) is 6.42 Å². The van der Waals surface area contributed by atoms with Gasteiger partial charge in [-0.2, -0.15) is 0 Å².